The van der Waals surface area contributed by atoms with E-state index < -0.39 is 23.7 Å². The second-order valence-electron chi connectivity index (χ2n) is 17.4. The van der Waals surface area contributed by atoms with Crippen LogP contribution in [-0.2, 0) is 47.8 Å². The van der Waals surface area contributed by atoms with E-state index >= 15 is 0 Å². The minimum Gasteiger partial charge on any atom is -0.573 e. The van der Waals surface area contributed by atoms with Gasteiger partial charge in [0, 0.05) is 55.0 Å². The molecule has 10 aromatic heterocycles. The van der Waals surface area contributed by atoms with E-state index in [0.717, 1.165) is 77.7 Å². The summed E-state index contributed by atoms with van der Waals surface area (Å²) in [6, 6.07) is 27.0. The summed E-state index contributed by atoms with van der Waals surface area (Å²) in [6.45, 7) is 3.88. The molecule has 0 spiro atoms. The van der Waals surface area contributed by atoms with Crippen LogP contribution in [-0.4, -0.2) is 56.3 Å². The molecule has 414 valence electrons. The van der Waals surface area contributed by atoms with E-state index in [1.165, 1.54) is 36.0 Å². The molecule has 0 aliphatic carbocycles. The molecule has 0 bridgehead atoms. The average molecular weight is 1260 g/mol. The predicted molar refractivity (Wildman–Crippen MR) is 293 cm³/mol. The van der Waals surface area contributed by atoms with E-state index in [9.17, 15) is 35.9 Å². The molecule has 0 N–H and O–H groups in total. The molecule has 1 aliphatic heterocycles. The molecule has 0 saturated carbocycles. The van der Waals surface area contributed by atoms with Crippen molar-refractivity contribution in [2.75, 3.05) is 13.2 Å². The first-order valence-corrected chi connectivity index (χ1v) is 27.7. The molecule has 0 radical (unpaired) electrons. The molecule has 0 aromatic carbocycles. The molecular weight excluding hydrogens is 1220 g/mol. The van der Waals surface area contributed by atoms with Gasteiger partial charge >= 0.3 is 31.8 Å². The Hall–Kier alpha value is -7.70. The molecule has 11 heterocycles. The van der Waals surface area contributed by atoms with Gasteiger partial charge in [-0.25, -0.2) is 4.98 Å². The zero-order valence-corrected chi connectivity index (χ0v) is 47.0. The van der Waals surface area contributed by atoms with Crippen LogP contribution in [0.5, 0.6) is 23.0 Å². The molecule has 81 heavy (non-hydrogen) atoms. The normalized spacial score (nSPS) is 12.2. The molecular formula is C56H40F6N8O6RuS4. The Balaban J connectivity index is 0.000000196. The van der Waals surface area contributed by atoms with Crippen LogP contribution in [0.3, 0.4) is 0 Å². The zero-order chi connectivity index (χ0) is 55.8. The van der Waals surface area contributed by atoms with Gasteiger partial charge in [-0.05, 0) is 108 Å². The number of alkyl halides is 6. The van der Waals surface area contributed by atoms with Gasteiger partial charge in [0.25, 0.3) is 12.9 Å². The number of hydrogen-bond acceptors (Lipinski definition) is 16. The van der Waals surface area contributed by atoms with Crippen molar-refractivity contribution in [2.45, 2.75) is 51.4 Å². The van der Waals surface area contributed by atoms with Gasteiger partial charge in [0.1, 0.15) is 36.1 Å². The van der Waals surface area contributed by atoms with Gasteiger partial charge < -0.3 is 39.3 Å². The molecule has 0 fully saturated rings. The van der Waals surface area contributed by atoms with E-state index in [2.05, 4.69) is 71.9 Å². The van der Waals surface area contributed by atoms with E-state index in [1.54, 1.807) is 81.9 Å². The number of carbonyl (C=O) groups is 2. The number of fused-ring (bicyclic) bond motifs is 1. The SMILES string of the molecule is CCCCCCc1ccc(/C=C/c2cc(-c3cc(C(F)(F)F)n[n-]3)nc(-c3cc(C(F)(F)F)n[n-]3)c2)s1.O=COc1ccnc(-c2cc(OC=O)cc(-c3cc(-c4ccc(-c5sc(-c6cccs6)c6c5OCCO6)s4)ccn3)n2)c1.[Ru+2]. The molecule has 25 heteroatoms. The molecule has 1 aliphatic rings. The first-order valence-electron chi connectivity index (χ1n) is 24.4. The van der Waals surface area contributed by atoms with Gasteiger partial charge in [-0.3, -0.25) is 24.5 Å². The van der Waals surface area contributed by atoms with Crippen LogP contribution in [0, 0.1) is 0 Å². The van der Waals surface area contributed by atoms with Gasteiger partial charge in [0.15, 0.2) is 11.5 Å². The van der Waals surface area contributed by atoms with Crippen LogP contribution in [0.25, 0.3) is 87.7 Å². The monoisotopic (exact) mass is 1260 g/mol. The summed E-state index contributed by atoms with van der Waals surface area (Å²) >= 11 is 6.63. The zero-order valence-electron chi connectivity index (χ0n) is 42.0. The van der Waals surface area contributed by atoms with Crippen molar-refractivity contribution in [1.82, 2.24) is 40.3 Å². The number of aromatic nitrogens is 8. The molecule has 0 atom stereocenters. The van der Waals surface area contributed by atoms with E-state index in [1.807, 2.05) is 30.3 Å². The third-order valence-electron chi connectivity index (χ3n) is 11.9. The maximum Gasteiger partial charge on any atom is 2.00 e. The van der Waals surface area contributed by atoms with Crippen LogP contribution in [0.2, 0.25) is 0 Å². The molecule has 11 rings (SSSR count). The largest absolute Gasteiger partial charge is 2.00 e. The molecule has 0 unspecified atom stereocenters. The molecule has 0 saturated heterocycles. The Bertz CT molecular complexity index is 3740. The van der Waals surface area contributed by atoms with Crippen LogP contribution < -0.4 is 29.1 Å². The Morgan fingerprint density at radius 1 is 0.605 bits per heavy atom. The smallest absolute Gasteiger partial charge is 0.573 e. The summed E-state index contributed by atoms with van der Waals surface area (Å²) < 4.78 is 100. The van der Waals surface area contributed by atoms with Gasteiger partial charge in [0.2, 0.25) is 0 Å². The van der Waals surface area contributed by atoms with Crippen molar-refractivity contribution in [3.05, 3.63) is 142 Å². The number of aryl methyl sites for hydroxylation is 1. The fraction of sp³-hybridized carbons (Fsp3) is 0.179. The Morgan fingerprint density at radius 2 is 1.21 bits per heavy atom. The van der Waals surface area contributed by atoms with Crippen LogP contribution in [0.15, 0.2) is 115 Å². The van der Waals surface area contributed by atoms with Crippen LogP contribution in [0.4, 0.5) is 26.3 Å². The fourth-order valence-electron chi connectivity index (χ4n) is 8.14. The molecule has 0 amide bonds. The van der Waals surface area contributed by atoms with Crippen molar-refractivity contribution in [3.8, 4) is 98.5 Å². The number of halogens is 6. The van der Waals surface area contributed by atoms with Crippen molar-refractivity contribution in [1.29, 1.82) is 0 Å². The topological polar surface area (TPSA) is 177 Å². The Morgan fingerprint density at radius 3 is 1.83 bits per heavy atom. The van der Waals surface area contributed by atoms with Gasteiger partial charge in [-0.15, -0.1) is 45.3 Å². The van der Waals surface area contributed by atoms with Crippen LogP contribution in [0.1, 0.15) is 59.3 Å². The van der Waals surface area contributed by atoms with Crippen molar-refractivity contribution < 1.29 is 74.4 Å². The fourth-order valence-corrected chi connectivity index (χ4v) is 12.3. The standard InChI is InChI=1S/C31H19N3O6S3.C25H21F6N5S.Ru/c35-16-39-19-6-8-33-22(13-19)24-15-20(40-17-36)14-23(34-24)21-12-18(5-7-32-21)25-3-4-27(42-25)31-29-28(37-9-10-38-29)30(43-31)26-2-1-11-41-26;1-2-3-4-5-6-16-9-10-17(37-16)8-7-15-11-18(20-13-22(35-33-20)24(26,27)28)32-19(12-15)21-14-23(36-34-21)25(29,30)31;/h1-8,11-17H,9-10H2;7-14H,2-6H2,1H3;/q;-2;+2/b;8-7+;. The van der Waals surface area contributed by atoms with E-state index in [0.29, 0.717) is 60.2 Å². The maximum absolute atomic E-state index is 13.0. The number of thiophene rings is 4. The summed E-state index contributed by atoms with van der Waals surface area (Å²) in [6.07, 6.45) is 2.99. The molecule has 10 aromatic rings. The minimum atomic E-state index is -4.70. The predicted octanol–water partition coefficient (Wildman–Crippen LogP) is 14.7. The van der Waals surface area contributed by atoms with Gasteiger partial charge in [0.05, 0.1) is 43.9 Å². The Kier molecular flexibility index (Phi) is 18.5. The number of ether oxygens (including phenoxy) is 4. The van der Waals surface area contributed by atoms with E-state index in [-0.39, 0.29) is 48.0 Å². The number of carbonyl (C=O) groups excluding carboxylic acids is 2. The van der Waals surface area contributed by atoms with Crippen molar-refractivity contribution in [2.24, 2.45) is 0 Å². The minimum absolute atomic E-state index is 0. The Labute approximate surface area is 486 Å². The van der Waals surface area contributed by atoms with Crippen molar-refractivity contribution in [3.63, 3.8) is 0 Å². The van der Waals surface area contributed by atoms with Crippen LogP contribution >= 0.6 is 45.3 Å². The average Bonchev–Trinajstić information content (AvgIpc) is 4.33. The summed E-state index contributed by atoms with van der Waals surface area (Å²) in [4.78, 5) is 47.4. The number of pyridine rings is 4. The maximum atomic E-state index is 13.0. The first kappa shape index (κ1) is 58.0. The summed E-state index contributed by atoms with van der Waals surface area (Å²) in [5.41, 5.74) is 0.678. The van der Waals surface area contributed by atoms with Gasteiger partial charge in [-0.2, -0.15) is 26.3 Å². The number of nitrogens with zero attached hydrogens (tertiary/aromatic N) is 8. The van der Waals surface area contributed by atoms with Crippen molar-refractivity contribution >= 4 is 70.4 Å². The second-order valence-corrected chi connectivity index (χ2v) is 21.7. The summed E-state index contributed by atoms with van der Waals surface area (Å²) in [5.74, 6) is 2.19. The third-order valence-corrected chi connectivity index (χ3v) is 16.5. The van der Waals surface area contributed by atoms with Gasteiger partial charge in [-0.1, -0.05) is 49.7 Å². The number of rotatable bonds is 18. The van der Waals surface area contributed by atoms with E-state index in [4.69, 9.17) is 23.9 Å². The first-order chi connectivity index (χ1) is 38.7. The quantitative estimate of drug-likeness (QED) is 0.0343. The number of hydrogen-bond donors (Lipinski definition) is 0. The third kappa shape index (κ3) is 14.1. The summed E-state index contributed by atoms with van der Waals surface area (Å²) in [5, 5.41) is 15.5. The summed E-state index contributed by atoms with van der Waals surface area (Å²) in [7, 11) is 0. The number of unbranched alkanes of at least 4 members (excludes halogenated alkanes) is 3. The second kappa shape index (κ2) is 25.8. The molecule has 14 nitrogen and oxygen atoms in total.